The van der Waals surface area contributed by atoms with Gasteiger partial charge in [-0.2, -0.15) is 4.31 Å². The van der Waals surface area contributed by atoms with Gasteiger partial charge in [-0.15, -0.1) is 11.3 Å². The molecule has 156 valence electrons. The highest BCUT2D eigenvalue weighted by Crippen LogP contribution is 2.27. The van der Waals surface area contributed by atoms with Gasteiger partial charge in [-0.25, -0.2) is 8.42 Å². The van der Waals surface area contributed by atoms with Gasteiger partial charge in [-0.05, 0) is 54.0 Å². The van der Waals surface area contributed by atoms with Gasteiger partial charge in [0.25, 0.3) is 11.8 Å². The number of carbonyl (C=O) groups is 2. The van der Waals surface area contributed by atoms with E-state index in [1.165, 1.54) is 47.0 Å². The maximum Gasteiger partial charge on any atom is 0.256 e. The summed E-state index contributed by atoms with van der Waals surface area (Å²) in [5, 5.41) is 7.41. The van der Waals surface area contributed by atoms with E-state index >= 15 is 0 Å². The molecule has 2 aromatic rings. The molecule has 3 rings (SSSR count). The van der Waals surface area contributed by atoms with Crippen LogP contribution in [0.15, 0.2) is 40.6 Å². The first-order valence-electron chi connectivity index (χ1n) is 9.43. The number of amides is 2. The first-order chi connectivity index (χ1) is 13.7. The molecule has 0 aliphatic carbocycles. The van der Waals surface area contributed by atoms with Crippen LogP contribution in [0.1, 0.15) is 41.0 Å². The minimum Gasteiger partial charge on any atom is -0.355 e. The van der Waals surface area contributed by atoms with E-state index in [2.05, 4.69) is 24.5 Å². The van der Waals surface area contributed by atoms with Crippen LogP contribution in [0.3, 0.4) is 0 Å². The number of piperidine rings is 1. The van der Waals surface area contributed by atoms with Gasteiger partial charge in [0.2, 0.25) is 10.0 Å². The van der Waals surface area contributed by atoms with E-state index < -0.39 is 15.9 Å². The molecule has 29 heavy (non-hydrogen) atoms. The molecule has 2 heterocycles. The molecular weight excluding hydrogens is 410 g/mol. The molecule has 0 spiro atoms. The van der Waals surface area contributed by atoms with Crippen LogP contribution in [0.5, 0.6) is 0 Å². The monoisotopic (exact) mass is 435 g/mol. The summed E-state index contributed by atoms with van der Waals surface area (Å²) in [6, 6.07) is 7.54. The van der Waals surface area contributed by atoms with Gasteiger partial charge in [0, 0.05) is 25.7 Å². The van der Waals surface area contributed by atoms with E-state index in [4.69, 9.17) is 0 Å². The van der Waals surface area contributed by atoms with Crippen LogP contribution in [0.4, 0.5) is 5.00 Å². The average molecular weight is 436 g/mol. The molecular formula is C20H25N3O4S2. The van der Waals surface area contributed by atoms with E-state index in [1.54, 1.807) is 11.4 Å². The molecule has 0 unspecified atom stereocenters. The Bertz CT molecular complexity index is 989. The first kappa shape index (κ1) is 21.5. The highest BCUT2D eigenvalue weighted by molar-refractivity contribution is 7.89. The minimum absolute atomic E-state index is 0.178. The van der Waals surface area contributed by atoms with Gasteiger partial charge in [-0.3, -0.25) is 9.59 Å². The third-order valence-electron chi connectivity index (χ3n) is 4.95. The Morgan fingerprint density at radius 3 is 2.24 bits per heavy atom. The predicted octanol–water partition coefficient (Wildman–Crippen LogP) is 3.03. The summed E-state index contributed by atoms with van der Waals surface area (Å²) in [7, 11) is -2.07. The van der Waals surface area contributed by atoms with Crippen molar-refractivity contribution in [1.82, 2.24) is 9.62 Å². The summed E-state index contributed by atoms with van der Waals surface area (Å²) in [5.41, 5.74) is 0.707. The molecule has 1 aromatic carbocycles. The summed E-state index contributed by atoms with van der Waals surface area (Å²) >= 11 is 1.25. The number of hydrogen-bond donors (Lipinski definition) is 2. The maximum atomic E-state index is 13.0. The lowest BCUT2D eigenvalue weighted by molar-refractivity contribution is 0.0964. The second-order valence-electron chi connectivity index (χ2n) is 7.49. The van der Waals surface area contributed by atoms with Crippen molar-refractivity contribution in [3.63, 3.8) is 0 Å². The first-order valence-corrected chi connectivity index (χ1v) is 11.8. The van der Waals surface area contributed by atoms with Crippen molar-refractivity contribution in [3.05, 3.63) is 46.8 Å². The summed E-state index contributed by atoms with van der Waals surface area (Å²) in [5.74, 6) is -0.0486. The Morgan fingerprint density at radius 1 is 1.03 bits per heavy atom. The number of thiophene rings is 1. The number of sulfonamides is 1. The number of rotatable bonds is 5. The van der Waals surface area contributed by atoms with Crippen molar-refractivity contribution < 1.29 is 18.0 Å². The normalized spacial score (nSPS) is 20.2. The Hall–Kier alpha value is -2.23. The molecule has 9 heteroatoms. The average Bonchev–Trinajstić information content (AvgIpc) is 3.14. The molecule has 2 amide bonds. The van der Waals surface area contributed by atoms with Crippen molar-refractivity contribution in [2.75, 3.05) is 25.5 Å². The molecule has 1 saturated heterocycles. The van der Waals surface area contributed by atoms with Gasteiger partial charge >= 0.3 is 0 Å². The maximum absolute atomic E-state index is 13.0. The molecule has 1 aliphatic heterocycles. The second-order valence-corrected chi connectivity index (χ2v) is 10.3. The fourth-order valence-electron chi connectivity index (χ4n) is 3.62. The molecule has 1 fully saturated rings. The predicted molar refractivity (Wildman–Crippen MR) is 114 cm³/mol. The molecule has 2 atom stereocenters. The smallest absolute Gasteiger partial charge is 0.256 e. The lowest BCUT2D eigenvalue weighted by Gasteiger charge is -2.34. The fourth-order valence-corrected chi connectivity index (χ4v) is 6.08. The van der Waals surface area contributed by atoms with Gasteiger partial charge in [-0.1, -0.05) is 13.8 Å². The van der Waals surface area contributed by atoms with Gasteiger partial charge in [0.05, 0.1) is 10.5 Å². The van der Waals surface area contributed by atoms with Gasteiger partial charge in [0.15, 0.2) is 0 Å². The number of benzene rings is 1. The van der Waals surface area contributed by atoms with Crippen molar-refractivity contribution in [2.45, 2.75) is 25.2 Å². The van der Waals surface area contributed by atoms with E-state index in [9.17, 15) is 18.0 Å². The van der Waals surface area contributed by atoms with Crippen LogP contribution in [-0.2, 0) is 10.0 Å². The van der Waals surface area contributed by atoms with Gasteiger partial charge < -0.3 is 10.6 Å². The van der Waals surface area contributed by atoms with Crippen LogP contribution in [0.25, 0.3) is 0 Å². The number of nitrogens with one attached hydrogen (secondary N) is 2. The van der Waals surface area contributed by atoms with Crippen molar-refractivity contribution >= 4 is 38.2 Å². The van der Waals surface area contributed by atoms with E-state index in [1.807, 2.05) is 0 Å². The zero-order valence-electron chi connectivity index (χ0n) is 16.6. The highest BCUT2D eigenvalue weighted by Gasteiger charge is 2.31. The van der Waals surface area contributed by atoms with E-state index in [-0.39, 0.29) is 10.8 Å². The van der Waals surface area contributed by atoms with Crippen molar-refractivity contribution in [1.29, 1.82) is 0 Å². The summed E-state index contributed by atoms with van der Waals surface area (Å²) in [6.45, 7) is 5.14. The highest BCUT2D eigenvalue weighted by atomic mass is 32.2. The quantitative estimate of drug-likeness (QED) is 0.755. The minimum atomic E-state index is -3.59. The van der Waals surface area contributed by atoms with E-state index in [0.717, 1.165) is 6.42 Å². The molecule has 1 aromatic heterocycles. The Kier molecular flexibility index (Phi) is 6.40. The fraction of sp³-hybridized carbons (Fsp3) is 0.400. The van der Waals surface area contributed by atoms with Crippen LogP contribution < -0.4 is 10.6 Å². The van der Waals surface area contributed by atoms with Crippen LogP contribution in [-0.4, -0.2) is 44.7 Å². The number of hydrogen-bond acceptors (Lipinski definition) is 5. The van der Waals surface area contributed by atoms with Crippen LogP contribution in [0, 0.1) is 11.8 Å². The summed E-state index contributed by atoms with van der Waals surface area (Å²) < 4.78 is 27.4. The Labute approximate surface area is 175 Å². The molecule has 2 N–H and O–H groups in total. The summed E-state index contributed by atoms with van der Waals surface area (Å²) in [6.07, 6.45) is 1.02. The standard InChI is InChI=1S/C20H25N3O4S2/c1-13-10-14(2)12-23(11-13)29(26,27)16-6-4-15(5-7-16)18(24)22-20-17(8-9-28-20)19(25)21-3/h4-9,13-14H,10-12H2,1-3H3,(H,21,25)(H,22,24)/t13-,14-/m1/s1. The van der Waals surface area contributed by atoms with Gasteiger partial charge in [0.1, 0.15) is 5.00 Å². The zero-order valence-corrected chi connectivity index (χ0v) is 18.3. The molecule has 0 saturated carbocycles. The molecule has 0 bridgehead atoms. The van der Waals surface area contributed by atoms with Crippen molar-refractivity contribution in [2.24, 2.45) is 11.8 Å². The van der Waals surface area contributed by atoms with Crippen LogP contribution >= 0.6 is 11.3 Å². The topological polar surface area (TPSA) is 95.6 Å². The van der Waals surface area contributed by atoms with Crippen LogP contribution in [0.2, 0.25) is 0 Å². The zero-order chi connectivity index (χ0) is 21.2. The van der Waals surface area contributed by atoms with E-state index in [0.29, 0.717) is 41.1 Å². The molecule has 7 nitrogen and oxygen atoms in total. The molecule has 1 aliphatic rings. The lowest BCUT2D eigenvalue weighted by Crippen LogP contribution is -2.42. The number of carbonyl (C=O) groups excluding carboxylic acids is 2. The third kappa shape index (κ3) is 4.68. The molecule has 0 radical (unpaired) electrons. The second kappa shape index (κ2) is 8.64. The largest absolute Gasteiger partial charge is 0.355 e. The Morgan fingerprint density at radius 2 is 1.66 bits per heavy atom. The SMILES string of the molecule is CNC(=O)c1ccsc1NC(=O)c1ccc(S(=O)(=O)N2C[C@H](C)C[C@@H](C)C2)cc1. The number of anilines is 1. The third-order valence-corrected chi connectivity index (χ3v) is 7.63. The lowest BCUT2D eigenvalue weighted by atomic mass is 9.94. The van der Waals surface area contributed by atoms with Crippen molar-refractivity contribution in [3.8, 4) is 0 Å². The summed E-state index contributed by atoms with van der Waals surface area (Å²) in [4.78, 5) is 24.5. The number of nitrogens with zero attached hydrogens (tertiary/aromatic N) is 1. The Balaban J connectivity index is 1.75.